The van der Waals surface area contributed by atoms with E-state index in [1.807, 2.05) is 4.90 Å². The highest BCUT2D eigenvalue weighted by Crippen LogP contribution is 2.16. The molecule has 0 spiro atoms. The zero-order chi connectivity index (χ0) is 19.2. The molecule has 0 N–H and O–H groups in total. The van der Waals surface area contributed by atoms with Crippen LogP contribution in [0, 0.1) is 0 Å². The summed E-state index contributed by atoms with van der Waals surface area (Å²) in [5, 5.41) is 0. The number of nitrogens with zero attached hydrogens (tertiary/aromatic N) is 5. The minimum absolute atomic E-state index is 0.0705. The Morgan fingerprint density at radius 1 is 0.821 bits per heavy atom. The Morgan fingerprint density at radius 2 is 1.46 bits per heavy atom. The first kappa shape index (κ1) is 18.9. The lowest BCUT2D eigenvalue weighted by molar-refractivity contribution is 0.0761. The lowest BCUT2D eigenvalue weighted by Gasteiger charge is -2.34. The fourth-order valence-corrected chi connectivity index (χ4v) is 4.00. The zero-order valence-electron chi connectivity index (χ0n) is 16.5. The van der Waals surface area contributed by atoms with Gasteiger partial charge in [-0.2, -0.15) is 0 Å². The molecule has 0 bridgehead atoms. The van der Waals surface area contributed by atoms with Gasteiger partial charge in [0.25, 0.3) is 5.91 Å². The monoisotopic (exact) mass is 379 g/mol. The first-order valence-electron chi connectivity index (χ1n) is 10.4. The van der Waals surface area contributed by atoms with E-state index in [9.17, 15) is 4.79 Å². The van der Waals surface area contributed by atoms with Crippen molar-refractivity contribution in [1.82, 2.24) is 19.8 Å². The van der Waals surface area contributed by atoms with Gasteiger partial charge in [0.2, 0.25) is 5.95 Å². The van der Waals surface area contributed by atoms with Crippen LogP contribution >= 0.6 is 0 Å². The van der Waals surface area contributed by atoms with Gasteiger partial charge in [-0.1, -0.05) is 43.2 Å². The van der Waals surface area contributed by atoms with Crippen molar-refractivity contribution in [1.29, 1.82) is 0 Å². The number of aromatic nitrogens is 2. The Hall–Kier alpha value is -2.47. The topological polar surface area (TPSA) is 52.6 Å². The Morgan fingerprint density at radius 3 is 2.11 bits per heavy atom. The summed E-state index contributed by atoms with van der Waals surface area (Å²) in [7, 11) is 0. The van der Waals surface area contributed by atoms with Crippen LogP contribution in [0.15, 0.2) is 42.7 Å². The van der Waals surface area contributed by atoms with E-state index in [0.717, 1.165) is 64.6 Å². The number of carbonyl (C=O) groups excluding carboxylic acids is 1. The van der Waals surface area contributed by atoms with Crippen LogP contribution in [0.25, 0.3) is 0 Å². The SMILES string of the molecule is O=C(c1cnc(N2CCN(Cc3ccccc3)CC2)nc1)N1CCCCCC1. The maximum Gasteiger partial charge on any atom is 0.256 e. The van der Waals surface area contributed by atoms with Gasteiger partial charge in [-0.25, -0.2) is 9.97 Å². The summed E-state index contributed by atoms with van der Waals surface area (Å²) in [5.74, 6) is 0.799. The molecule has 2 aliphatic rings. The molecule has 2 fully saturated rings. The summed E-state index contributed by atoms with van der Waals surface area (Å²) >= 11 is 0. The molecule has 2 aliphatic heterocycles. The van der Waals surface area contributed by atoms with Crippen molar-refractivity contribution < 1.29 is 4.79 Å². The van der Waals surface area contributed by atoms with Gasteiger partial charge < -0.3 is 9.80 Å². The average Bonchev–Trinajstić information content (AvgIpc) is 3.04. The molecule has 1 aromatic carbocycles. The van der Waals surface area contributed by atoms with Crippen molar-refractivity contribution in [2.24, 2.45) is 0 Å². The van der Waals surface area contributed by atoms with Gasteiger partial charge >= 0.3 is 0 Å². The third-order valence-electron chi connectivity index (χ3n) is 5.68. The smallest absolute Gasteiger partial charge is 0.256 e. The largest absolute Gasteiger partial charge is 0.339 e. The molecule has 1 amide bonds. The van der Waals surface area contributed by atoms with Gasteiger partial charge in [0.05, 0.1) is 5.56 Å². The van der Waals surface area contributed by atoms with E-state index in [2.05, 4.69) is 50.1 Å². The molecule has 6 nitrogen and oxygen atoms in total. The van der Waals surface area contributed by atoms with Crippen molar-refractivity contribution in [3.8, 4) is 0 Å². The minimum atomic E-state index is 0.0705. The maximum atomic E-state index is 12.7. The molecule has 0 aliphatic carbocycles. The van der Waals surface area contributed by atoms with E-state index in [1.165, 1.54) is 18.4 Å². The molecule has 3 heterocycles. The molecule has 148 valence electrons. The van der Waals surface area contributed by atoms with Crippen LogP contribution < -0.4 is 4.90 Å². The summed E-state index contributed by atoms with van der Waals surface area (Å²) in [5.41, 5.74) is 1.96. The zero-order valence-corrected chi connectivity index (χ0v) is 16.5. The van der Waals surface area contributed by atoms with Crippen LogP contribution in [-0.2, 0) is 6.54 Å². The van der Waals surface area contributed by atoms with Crippen molar-refractivity contribution in [2.45, 2.75) is 32.2 Å². The number of hydrogen-bond donors (Lipinski definition) is 0. The van der Waals surface area contributed by atoms with Crippen molar-refractivity contribution >= 4 is 11.9 Å². The first-order chi connectivity index (χ1) is 13.8. The lowest BCUT2D eigenvalue weighted by atomic mass is 10.2. The lowest BCUT2D eigenvalue weighted by Crippen LogP contribution is -2.46. The summed E-state index contributed by atoms with van der Waals surface area (Å²) in [4.78, 5) is 28.3. The number of piperazine rings is 1. The molecule has 28 heavy (non-hydrogen) atoms. The predicted octanol–water partition coefficient (Wildman–Crippen LogP) is 2.82. The van der Waals surface area contributed by atoms with Crippen LogP contribution in [0.2, 0.25) is 0 Å². The third kappa shape index (κ3) is 4.68. The Balaban J connectivity index is 1.31. The first-order valence-corrected chi connectivity index (χ1v) is 10.4. The van der Waals surface area contributed by atoms with Crippen LogP contribution in [-0.4, -0.2) is 64.9 Å². The number of likely N-dealkylation sites (tertiary alicyclic amines) is 1. The highest BCUT2D eigenvalue weighted by molar-refractivity contribution is 5.93. The van der Waals surface area contributed by atoms with E-state index >= 15 is 0 Å². The molecule has 0 unspecified atom stereocenters. The number of amides is 1. The van der Waals surface area contributed by atoms with E-state index in [1.54, 1.807) is 12.4 Å². The molecule has 4 rings (SSSR count). The molecule has 0 atom stereocenters. The molecule has 2 saturated heterocycles. The standard InChI is InChI=1S/C22H29N5O/c28-21(26-10-6-1-2-7-11-26)20-16-23-22(24-17-20)27-14-12-25(13-15-27)18-19-8-4-3-5-9-19/h3-5,8-9,16-17H,1-2,6-7,10-15,18H2. The van der Waals surface area contributed by atoms with Gasteiger partial charge in [-0.05, 0) is 18.4 Å². The number of anilines is 1. The van der Waals surface area contributed by atoms with E-state index in [4.69, 9.17) is 0 Å². The average molecular weight is 380 g/mol. The second-order valence-corrected chi connectivity index (χ2v) is 7.73. The summed E-state index contributed by atoms with van der Waals surface area (Å²) in [6.07, 6.45) is 8.03. The molecule has 6 heteroatoms. The molecule has 1 aromatic heterocycles. The summed E-state index contributed by atoms with van der Waals surface area (Å²) < 4.78 is 0. The van der Waals surface area contributed by atoms with Gasteiger partial charge in [0.1, 0.15) is 0 Å². The van der Waals surface area contributed by atoms with Crippen molar-refractivity contribution in [3.63, 3.8) is 0 Å². The van der Waals surface area contributed by atoms with Crippen LogP contribution in [0.3, 0.4) is 0 Å². The number of benzene rings is 1. The van der Waals surface area contributed by atoms with Crippen molar-refractivity contribution in [3.05, 3.63) is 53.9 Å². The second kappa shape index (κ2) is 9.15. The molecule has 0 saturated carbocycles. The predicted molar refractivity (Wildman–Crippen MR) is 110 cm³/mol. The summed E-state index contributed by atoms with van der Waals surface area (Å²) in [6, 6.07) is 10.6. The van der Waals surface area contributed by atoms with Crippen LogP contribution in [0.5, 0.6) is 0 Å². The fraction of sp³-hybridized carbons (Fsp3) is 0.500. The normalized spacial score (nSPS) is 18.7. The van der Waals surface area contributed by atoms with E-state index < -0.39 is 0 Å². The quantitative estimate of drug-likeness (QED) is 0.818. The minimum Gasteiger partial charge on any atom is -0.339 e. The highest BCUT2D eigenvalue weighted by Gasteiger charge is 2.21. The highest BCUT2D eigenvalue weighted by atomic mass is 16.2. The number of rotatable bonds is 4. The molecule has 2 aromatic rings. The van der Waals surface area contributed by atoms with Crippen molar-refractivity contribution in [2.75, 3.05) is 44.2 Å². The third-order valence-corrected chi connectivity index (χ3v) is 5.68. The maximum absolute atomic E-state index is 12.7. The van der Waals surface area contributed by atoms with Gasteiger partial charge in [-0.3, -0.25) is 9.69 Å². The molecular formula is C22H29N5O. The Bertz CT molecular complexity index is 748. The van der Waals surface area contributed by atoms with Gasteiger partial charge in [0, 0.05) is 58.2 Å². The Labute approximate surface area is 167 Å². The van der Waals surface area contributed by atoms with E-state index in [-0.39, 0.29) is 5.91 Å². The second-order valence-electron chi connectivity index (χ2n) is 7.73. The fourth-order valence-electron chi connectivity index (χ4n) is 4.00. The van der Waals surface area contributed by atoms with Crippen LogP contribution in [0.4, 0.5) is 5.95 Å². The molecule has 0 radical (unpaired) electrons. The van der Waals surface area contributed by atoms with Gasteiger partial charge in [-0.15, -0.1) is 0 Å². The van der Waals surface area contributed by atoms with Crippen LogP contribution in [0.1, 0.15) is 41.6 Å². The number of carbonyl (C=O) groups is 1. The van der Waals surface area contributed by atoms with Gasteiger partial charge in [0.15, 0.2) is 0 Å². The molecular weight excluding hydrogens is 350 g/mol. The van der Waals surface area contributed by atoms with E-state index in [0.29, 0.717) is 5.56 Å². The Kier molecular flexibility index (Phi) is 6.17. The summed E-state index contributed by atoms with van der Waals surface area (Å²) in [6.45, 7) is 6.49. The number of hydrogen-bond acceptors (Lipinski definition) is 5.